The molecule has 4 rings (SSSR count). The van der Waals surface area contributed by atoms with Crippen molar-refractivity contribution in [3.05, 3.63) is 93.9 Å². The maximum atomic E-state index is 13.3. The number of hydrogen-bond donors (Lipinski definition) is 3. The van der Waals surface area contributed by atoms with Gasteiger partial charge in [0.25, 0.3) is 5.91 Å². The van der Waals surface area contributed by atoms with Gasteiger partial charge in [-0.3, -0.25) is 9.36 Å². The van der Waals surface area contributed by atoms with Gasteiger partial charge in [0.05, 0.1) is 23.4 Å². The first-order valence-electron chi connectivity index (χ1n) is 10.1. The molecule has 8 nitrogen and oxygen atoms in total. The van der Waals surface area contributed by atoms with E-state index in [0.717, 1.165) is 5.56 Å². The van der Waals surface area contributed by atoms with Crippen LogP contribution in [0.3, 0.4) is 0 Å². The summed E-state index contributed by atoms with van der Waals surface area (Å²) in [4.78, 5) is 25.6. The average molecular weight is 535 g/mol. The van der Waals surface area contributed by atoms with Gasteiger partial charge in [-0.15, -0.1) is 0 Å². The highest BCUT2D eigenvalue weighted by molar-refractivity contribution is 7.59. The fourth-order valence-electron chi connectivity index (χ4n) is 3.21. The third kappa shape index (κ3) is 6.29. The first-order valence-corrected chi connectivity index (χ1v) is 10.9. The Kier molecular flexibility index (Phi) is 8.68. The number of benzene rings is 2. The van der Waals surface area contributed by atoms with Crippen LogP contribution in [0, 0.1) is 12.7 Å². The monoisotopic (exact) mass is 534 g/mol. The maximum absolute atomic E-state index is 13.3. The van der Waals surface area contributed by atoms with Gasteiger partial charge in [-0.1, -0.05) is 35.3 Å². The molecule has 0 spiro atoms. The molecule has 0 unspecified atom stereocenters. The second-order valence-electron chi connectivity index (χ2n) is 7.38. The number of amides is 1. The van der Waals surface area contributed by atoms with Crippen molar-refractivity contribution in [1.82, 2.24) is 24.8 Å². The molecule has 0 aliphatic heterocycles. The van der Waals surface area contributed by atoms with E-state index in [4.69, 9.17) is 23.2 Å². The summed E-state index contributed by atoms with van der Waals surface area (Å²) in [5.74, 6) is -0.212. The highest BCUT2D eigenvalue weighted by Gasteiger charge is 2.18. The van der Waals surface area contributed by atoms with E-state index in [0.29, 0.717) is 22.1 Å². The summed E-state index contributed by atoms with van der Waals surface area (Å²) < 4.78 is 14.9. The van der Waals surface area contributed by atoms with Crippen LogP contribution in [0.15, 0.2) is 61.2 Å². The number of aliphatic hydroxyl groups excluding tert-OH is 1. The number of aromatic nitrogens is 4. The largest absolute Gasteiger partial charge is 0.394 e. The van der Waals surface area contributed by atoms with E-state index in [9.17, 15) is 14.3 Å². The number of imidazole rings is 1. The third-order valence-corrected chi connectivity index (χ3v) is 5.47. The SMILES string of the molecule is Cc1cnc(Nc2ccc(F)cc2Cl)nc1-n1cnc(C(=O)N[C@H](CO)c2cccc(Cl)c2)c1.S. The molecule has 2 heterocycles. The van der Waals surface area contributed by atoms with Crippen LogP contribution >= 0.6 is 36.7 Å². The van der Waals surface area contributed by atoms with Crippen LogP contribution < -0.4 is 10.6 Å². The van der Waals surface area contributed by atoms with Crippen LogP contribution in [0.5, 0.6) is 0 Å². The van der Waals surface area contributed by atoms with Crippen molar-refractivity contribution in [3.8, 4) is 5.82 Å². The summed E-state index contributed by atoms with van der Waals surface area (Å²) in [6.45, 7) is 1.50. The maximum Gasteiger partial charge on any atom is 0.272 e. The molecule has 1 amide bonds. The number of aliphatic hydroxyl groups is 1. The van der Waals surface area contributed by atoms with Gasteiger partial charge in [-0.05, 0) is 42.8 Å². The molecule has 0 aliphatic carbocycles. The van der Waals surface area contributed by atoms with Gasteiger partial charge in [0.15, 0.2) is 0 Å². The van der Waals surface area contributed by atoms with Crippen LogP contribution in [0.2, 0.25) is 10.0 Å². The van der Waals surface area contributed by atoms with Crippen LogP contribution in [0.4, 0.5) is 16.0 Å². The normalized spacial score (nSPS) is 11.5. The molecule has 0 saturated carbocycles. The Morgan fingerprint density at radius 2 is 2.00 bits per heavy atom. The van der Waals surface area contributed by atoms with Gasteiger partial charge >= 0.3 is 0 Å². The zero-order valence-electron chi connectivity index (χ0n) is 18.3. The van der Waals surface area contributed by atoms with Gasteiger partial charge in [0, 0.05) is 23.0 Å². The minimum Gasteiger partial charge on any atom is -0.394 e. The summed E-state index contributed by atoms with van der Waals surface area (Å²) in [5.41, 5.74) is 1.98. The summed E-state index contributed by atoms with van der Waals surface area (Å²) >= 11 is 12.1. The Hall–Kier alpha value is -3.18. The molecule has 4 aromatic rings. The van der Waals surface area contributed by atoms with Gasteiger partial charge in [-0.25, -0.2) is 14.4 Å². The minimum atomic E-state index is -0.645. The highest BCUT2D eigenvalue weighted by atomic mass is 35.5. The Morgan fingerprint density at radius 1 is 1.20 bits per heavy atom. The van der Waals surface area contributed by atoms with Crippen LogP contribution in [0.1, 0.15) is 27.7 Å². The van der Waals surface area contributed by atoms with Crippen molar-refractivity contribution >= 4 is 54.2 Å². The molecule has 1 atom stereocenters. The van der Waals surface area contributed by atoms with Crippen LogP contribution in [-0.4, -0.2) is 37.1 Å². The molecule has 35 heavy (non-hydrogen) atoms. The molecule has 0 saturated heterocycles. The number of rotatable bonds is 7. The van der Waals surface area contributed by atoms with E-state index in [1.165, 1.54) is 30.7 Å². The fourth-order valence-corrected chi connectivity index (χ4v) is 3.62. The lowest BCUT2D eigenvalue weighted by molar-refractivity contribution is 0.0911. The fraction of sp³-hybridized carbons (Fsp3) is 0.130. The second kappa shape index (κ2) is 11.5. The van der Waals surface area contributed by atoms with E-state index >= 15 is 0 Å². The van der Waals surface area contributed by atoms with E-state index in [1.54, 1.807) is 35.0 Å². The molecule has 2 aromatic carbocycles. The molecule has 12 heteroatoms. The van der Waals surface area contributed by atoms with Crippen molar-refractivity contribution in [2.75, 3.05) is 11.9 Å². The summed E-state index contributed by atoms with van der Waals surface area (Å²) in [6.07, 6.45) is 4.57. The minimum absolute atomic E-state index is 0. The Morgan fingerprint density at radius 3 is 2.71 bits per heavy atom. The molecule has 2 aromatic heterocycles. The van der Waals surface area contributed by atoms with Crippen molar-refractivity contribution in [1.29, 1.82) is 0 Å². The van der Waals surface area contributed by atoms with E-state index in [2.05, 4.69) is 25.6 Å². The summed E-state index contributed by atoms with van der Waals surface area (Å²) in [6, 6.07) is 10.2. The predicted molar refractivity (Wildman–Crippen MR) is 138 cm³/mol. The first kappa shape index (κ1) is 26.4. The van der Waals surface area contributed by atoms with Crippen LogP contribution in [-0.2, 0) is 0 Å². The predicted octanol–water partition coefficient (Wildman–Crippen LogP) is 4.74. The number of halogens is 3. The molecule has 182 valence electrons. The van der Waals surface area contributed by atoms with E-state index in [-0.39, 0.29) is 36.8 Å². The van der Waals surface area contributed by atoms with Crippen molar-refractivity contribution in [2.24, 2.45) is 0 Å². The molecule has 3 N–H and O–H groups in total. The molecule has 0 radical (unpaired) electrons. The number of hydrogen-bond acceptors (Lipinski definition) is 6. The molecule has 0 fully saturated rings. The lowest BCUT2D eigenvalue weighted by Crippen LogP contribution is -2.31. The van der Waals surface area contributed by atoms with Crippen molar-refractivity contribution < 1.29 is 14.3 Å². The average Bonchev–Trinajstić information content (AvgIpc) is 3.30. The van der Waals surface area contributed by atoms with Crippen LogP contribution in [0.25, 0.3) is 5.82 Å². The Labute approximate surface area is 217 Å². The quantitative estimate of drug-likeness (QED) is 0.316. The molecule has 0 bridgehead atoms. The van der Waals surface area contributed by atoms with Gasteiger partial charge < -0.3 is 15.7 Å². The molecular weight excluding hydrogens is 514 g/mol. The smallest absolute Gasteiger partial charge is 0.272 e. The molecule has 0 aliphatic rings. The number of aryl methyl sites for hydroxylation is 1. The summed E-state index contributed by atoms with van der Waals surface area (Å²) in [5, 5.41) is 16.1. The standard InChI is InChI=1S/C23H19Cl2FN6O2.H2S/c1-13-9-27-23(30-18-6-5-16(26)8-17(18)25)31-21(13)32-10-19(28-12-32)22(34)29-20(11-33)14-3-2-4-15(24)7-14;/h2-10,12,20,33H,11H2,1H3,(H,29,34)(H,27,30,31);1H2/t20-;/m1./s1. The lowest BCUT2D eigenvalue weighted by Gasteiger charge is -2.16. The number of carbonyl (C=O) groups is 1. The lowest BCUT2D eigenvalue weighted by atomic mass is 10.1. The zero-order chi connectivity index (χ0) is 24.2. The van der Waals surface area contributed by atoms with E-state index in [1.807, 2.05) is 6.92 Å². The Bertz CT molecular complexity index is 1350. The van der Waals surface area contributed by atoms with Gasteiger partial charge in [0.2, 0.25) is 5.95 Å². The second-order valence-corrected chi connectivity index (χ2v) is 8.22. The topological polar surface area (TPSA) is 105 Å². The number of nitrogens with zero attached hydrogens (tertiary/aromatic N) is 4. The number of anilines is 2. The zero-order valence-corrected chi connectivity index (χ0v) is 20.8. The first-order chi connectivity index (χ1) is 16.3. The van der Waals surface area contributed by atoms with Crippen molar-refractivity contribution in [2.45, 2.75) is 13.0 Å². The molecular formula is C23H21Cl2FN6O2S. The van der Waals surface area contributed by atoms with Gasteiger partial charge in [-0.2, -0.15) is 18.5 Å². The number of carbonyl (C=O) groups excluding carboxylic acids is 1. The van der Waals surface area contributed by atoms with Crippen molar-refractivity contribution in [3.63, 3.8) is 0 Å². The highest BCUT2D eigenvalue weighted by Crippen LogP contribution is 2.25. The van der Waals surface area contributed by atoms with E-state index < -0.39 is 17.8 Å². The summed E-state index contributed by atoms with van der Waals surface area (Å²) in [7, 11) is 0. The Balaban J connectivity index is 0.00000342. The van der Waals surface area contributed by atoms with Gasteiger partial charge in [0.1, 0.15) is 23.7 Å². The number of nitrogens with one attached hydrogen (secondary N) is 2. The third-order valence-electron chi connectivity index (χ3n) is 4.92.